The van der Waals surface area contributed by atoms with Crippen LogP contribution in [0, 0.1) is 0 Å². The van der Waals surface area contributed by atoms with Crippen LogP contribution in [0.5, 0.6) is 0 Å². The van der Waals surface area contributed by atoms with Crippen LogP contribution >= 0.6 is 35.1 Å². The van der Waals surface area contributed by atoms with E-state index in [0.717, 1.165) is 44.0 Å². The fourth-order valence-electron chi connectivity index (χ4n) is 4.00. The van der Waals surface area contributed by atoms with Gasteiger partial charge in [-0.15, -0.1) is 0 Å². The lowest BCUT2D eigenvalue weighted by Gasteiger charge is -2.29. The van der Waals surface area contributed by atoms with Crippen molar-refractivity contribution in [1.82, 2.24) is 9.80 Å². The number of hydrogen-bond donors (Lipinski definition) is 0. The summed E-state index contributed by atoms with van der Waals surface area (Å²) in [7, 11) is 0. The Morgan fingerprint density at radius 3 is 2.31 bits per heavy atom. The topological polar surface area (TPSA) is 57.7 Å². The maximum absolute atomic E-state index is 12.9. The number of carbonyl (C=O) groups excluding carboxylic acids is 3. The Hall–Kier alpha value is -3.00. The zero-order valence-corrected chi connectivity index (χ0v) is 21.0. The molecule has 5 rings (SSSR count). The Morgan fingerprint density at radius 2 is 1.60 bits per heavy atom. The molecule has 0 saturated carbocycles. The van der Waals surface area contributed by atoms with Gasteiger partial charge in [-0.25, -0.2) is 0 Å². The molecule has 3 aromatic carbocycles. The van der Waals surface area contributed by atoms with Crippen molar-refractivity contribution in [2.75, 3.05) is 13.1 Å². The summed E-state index contributed by atoms with van der Waals surface area (Å²) < 4.78 is 0. The number of benzene rings is 3. The van der Waals surface area contributed by atoms with Crippen molar-refractivity contribution < 1.29 is 14.4 Å². The van der Waals surface area contributed by atoms with Crippen molar-refractivity contribution in [3.05, 3.63) is 99.4 Å². The van der Waals surface area contributed by atoms with Crippen LogP contribution in [0.2, 0.25) is 5.02 Å². The van der Waals surface area contributed by atoms with Gasteiger partial charge in [-0.05, 0) is 77.3 Å². The highest BCUT2D eigenvalue weighted by Crippen LogP contribution is 2.33. The molecule has 0 aliphatic carbocycles. The molecule has 0 N–H and O–H groups in total. The first-order valence-corrected chi connectivity index (χ1v) is 13.1. The normalized spacial score (nSPS) is 16.7. The zero-order chi connectivity index (χ0) is 24.4. The minimum Gasteiger partial charge on any atom is -0.336 e. The lowest BCUT2D eigenvalue weighted by atomic mass is 10.00. The van der Waals surface area contributed by atoms with E-state index in [1.807, 2.05) is 66.7 Å². The lowest BCUT2D eigenvalue weighted by molar-refractivity contribution is -0.136. The third-order valence-electron chi connectivity index (χ3n) is 5.88. The summed E-state index contributed by atoms with van der Waals surface area (Å²) in [6, 6.07) is 23.4. The van der Waals surface area contributed by atoms with Gasteiger partial charge in [-0.3, -0.25) is 19.3 Å². The summed E-state index contributed by atoms with van der Waals surface area (Å²) in [5.74, 6) is -0.642. The highest BCUT2D eigenvalue weighted by atomic mass is 35.5. The van der Waals surface area contributed by atoms with Gasteiger partial charge in [0.2, 0.25) is 5.91 Å². The number of rotatable bonds is 5. The van der Waals surface area contributed by atoms with E-state index in [1.165, 1.54) is 5.56 Å². The number of thioether (sulfide) groups is 1. The Balaban J connectivity index is 1.22. The van der Waals surface area contributed by atoms with Gasteiger partial charge in [-0.1, -0.05) is 59.8 Å². The molecule has 3 amide bonds. The molecule has 1 fully saturated rings. The molecule has 0 unspecified atom stereocenters. The molecule has 2 aliphatic rings. The first-order valence-electron chi connectivity index (χ1n) is 11.1. The van der Waals surface area contributed by atoms with E-state index in [0.29, 0.717) is 23.0 Å². The quantitative estimate of drug-likeness (QED) is 0.380. The molecule has 35 heavy (non-hydrogen) atoms. The standard InChI is InChI=1S/C27H21ClN2O3S2/c28-21-7-11-23(12-8-21)34-22-9-5-18(6-10-22)15-24-26(32)30(27(33)35-24)17-25(31)29-14-13-19-3-1-2-4-20(19)16-29/h1-12,15H,13-14,16-17H2/b24-15-. The van der Waals surface area contributed by atoms with Crippen molar-refractivity contribution in [1.29, 1.82) is 0 Å². The summed E-state index contributed by atoms with van der Waals surface area (Å²) in [4.78, 5) is 43.5. The second kappa shape index (κ2) is 10.3. The van der Waals surface area contributed by atoms with Gasteiger partial charge in [-0.2, -0.15) is 0 Å². The van der Waals surface area contributed by atoms with E-state index in [4.69, 9.17) is 11.6 Å². The SMILES string of the molecule is O=C(CN1C(=O)S/C(=C\c2ccc(Sc3ccc(Cl)cc3)cc2)C1=O)N1CCc2ccccc2C1. The molecule has 5 nitrogen and oxygen atoms in total. The number of halogens is 1. The largest absolute Gasteiger partial charge is 0.336 e. The third-order valence-corrected chi connectivity index (χ3v) is 8.05. The van der Waals surface area contributed by atoms with E-state index in [-0.39, 0.29) is 12.5 Å². The van der Waals surface area contributed by atoms with Crippen molar-refractivity contribution in [2.24, 2.45) is 0 Å². The van der Waals surface area contributed by atoms with Gasteiger partial charge in [0.25, 0.3) is 11.1 Å². The summed E-state index contributed by atoms with van der Waals surface area (Å²) in [6.45, 7) is 0.852. The number of fused-ring (bicyclic) bond motifs is 1. The van der Waals surface area contributed by atoms with Crippen LogP contribution in [0.15, 0.2) is 87.5 Å². The number of amides is 3. The molecular formula is C27H21ClN2O3S2. The maximum atomic E-state index is 12.9. The summed E-state index contributed by atoms with van der Waals surface area (Å²) in [5, 5.41) is 0.281. The molecule has 176 valence electrons. The minimum absolute atomic E-state index is 0.216. The molecule has 0 aromatic heterocycles. The summed E-state index contributed by atoms with van der Waals surface area (Å²) in [6.07, 6.45) is 2.47. The molecule has 0 spiro atoms. The molecule has 2 aliphatic heterocycles. The molecule has 2 heterocycles. The average molecular weight is 521 g/mol. The predicted molar refractivity (Wildman–Crippen MR) is 140 cm³/mol. The van der Waals surface area contributed by atoms with Crippen LogP contribution in [0.25, 0.3) is 6.08 Å². The van der Waals surface area contributed by atoms with Gasteiger partial charge < -0.3 is 4.90 Å². The maximum Gasteiger partial charge on any atom is 0.294 e. The Labute approximate surface area is 217 Å². The fraction of sp³-hybridized carbons (Fsp3) is 0.148. The number of nitrogens with zero attached hydrogens (tertiary/aromatic N) is 2. The number of hydrogen-bond acceptors (Lipinski definition) is 5. The zero-order valence-electron chi connectivity index (χ0n) is 18.6. The number of carbonyl (C=O) groups is 3. The summed E-state index contributed by atoms with van der Waals surface area (Å²) >= 11 is 8.42. The second-order valence-electron chi connectivity index (χ2n) is 8.23. The Morgan fingerprint density at radius 1 is 0.943 bits per heavy atom. The Bertz CT molecular complexity index is 1320. The van der Waals surface area contributed by atoms with E-state index < -0.39 is 11.1 Å². The van der Waals surface area contributed by atoms with Gasteiger partial charge in [0.15, 0.2) is 0 Å². The highest BCUT2D eigenvalue weighted by Gasteiger charge is 2.37. The summed E-state index contributed by atoms with van der Waals surface area (Å²) in [5.41, 5.74) is 3.16. The van der Waals surface area contributed by atoms with Crippen molar-refractivity contribution in [2.45, 2.75) is 22.8 Å². The van der Waals surface area contributed by atoms with Crippen molar-refractivity contribution in [3.63, 3.8) is 0 Å². The minimum atomic E-state index is -0.426. The van der Waals surface area contributed by atoms with Gasteiger partial charge in [0, 0.05) is 27.9 Å². The molecular weight excluding hydrogens is 500 g/mol. The van der Waals surface area contributed by atoms with E-state index in [1.54, 1.807) is 22.7 Å². The molecule has 8 heteroatoms. The Kier molecular flexibility index (Phi) is 7.00. The molecule has 0 atom stereocenters. The lowest BCUT2D eigenvalue weighted by Crippen LogP contribution is -2.44. The van der Waals surface area contributed by atoms with Crippen LogP contribution < -0.4 is 0 Å². The van der Waals surface area contributed by atoms with Gasteiger partial charge in [0.1, 0.15) is 6.54 Å². The van der Waals surface area contributed by atoms with E-state index in [2.05, 4.69) is 6.07 Å². The first-order chi connectivity index (χ1) is 17.0. The van der Waals surface area contributed by atoms with Crippen molar-refractivity contribution >= 4 is 58.3 Å². The van der Waals surface area contributed by atoms with Crippen molar-refractivity contribution in [3.8, 4) is 0 Å². The van der Waals surface area contributed by atoms with Gasteiger partial charge in [0.05, 0.1) is 4.91 Å². The van der Waals surface area contributed by atoms with E-state index >= 15 is 0 Å². The van der Waals surface area contributed by atoms with Crippen LogP contribution in [0.4, 0.5) is 4.79 Å². The highest BCUT2D eigenvalue weighted by molar-refractivity contribution is 8.18. The van der Waals surface area contributed by atoms with Gasteiger partial charge >= 0.3 is 0 Å². The second-order valence-corrected chi connectivity index (χ2v) is 10.8. The fourth-order valence-corrected chi connectivity index (χ4v) is 5.78. The molecule has 3 aromatic rings. The predicted octanol–water partition coefficient (Wildman–Crippen LogP) is 6.11. The monoisotopic (exact) mass is 520 g/mol. The average Bonchev–Trinajstić information content (AvgIpc) is 3.13. The third kappa shape index (κ3) is 5.48. The molecule has 1 saturated heterocycles. The van der Waals surface area contributed by atoms with Crippen LogP contribution in [0.3, 0.4) is 0 Å². The van der Waals surface area contributed by atoms with Crippen LogP contribution in [0.1, 0.15) is 16.7 Å². The first kappa shape index (κ1) is 23.7. The smallest absolute Gasteiger partial charge is 0.294 e. The van der Waals surface area contributed by atoms with Crippen LogP contribution in [-0.4, -0.2) is 39.9 Å². The van der Waals surface area contributed by atoms with E-state index in [9.17, 15) is 14.4 Å². The molecule has 0 radical (unpaired) electrons. The van der Waals surface area contributed by atoms with Crippen LogP contribution in [-0.2, 0) is 22.6 Å². The number of imide groups is 1. The molecule has 0 bridgehead atoms.